The number of likely N-dealkylation sites (N-methyl/N-ethyl adjacent to an activating group) is 1. The number of phenolic OH excluding ortho intramolecular Hbond substituents is 1. The van der Waals surface area contributed by atoms with Crippen molar-refractivity contribution in [3.8, 4) is 28.1 Å². The van der Waals surface area contributed by atoms with Gasteiger partial charge in [-0.25, -0.2) is 20.4 Å². The van der Waals surface area contributed by atoms with Gasteiger partial charge in [0.2, 0.25) is 17.7 Å². The van der Waals surface area contributed by atoms with Crippen LogP contribution in [0.3, 0.4) is 0 Å². The zero-order valence-electron chi connectivity index (χ0n) is 39.0. The molecule has 3 aromatic heterocycles. The molecule has 2 unspecified atom stereocenters. The van der Waals surface area contributed by atoms with E-state index >= 15 is 4.79 Å². The third kappa shape index (κ3) is 8.37. The molecule has 15 nitrogen and oxygen atoms in total. The van der Waals surface area contributed by atoms with E-state index in [9.17, 15) is 19.5 Å². The molecule has 346 valence electrons. The maximum Gasteiger partial charge on any atom is 0.259 e. The first-order chi connectivity index (χ1) is 31.7. The van der Waals surface area contributed by atoms with Crippen LogP contribution in [0.5, 0.6) is 5.75 Å². The number of hydrogen-bond donors (Lipinski definition) is 3. The summed E-state index contributed by atoms with van der Waals surface area (Å²) in [5.74, 6) is -1.07. The molecule has 4 amide bonds. The van der Waals surface area contributed by atoms with Crippen molar-refractivity contribution in [1.82, 2.24) is 49.6 Å². The van der Waals surface area contributed by atoms with Crippen LogP contribution in [0.2, 0.25) is 0 Å². The zero-order valence-corrected chi connectivity index (χ0v) is 39.0. The molecule has 8 bridgehead atoms. The number of aromatic hydroxyl groups is 1. The number of aryl methyl sites for hydroxylation is 1. The van der Waals surface area contributed by atoms with Gasteiger partial charge >= 0.3 is 0 Å². The van der Waals surface area contributed by atoms with Crippen LogP contribution in [0.4, 0.5) is 0 Å². The lowest BCUT2D eigenvalue weighted by atomic mass is 9.81. The van der Waals surface area contributed by atoms with E-state index < -0.39 is 23.9 Å². The van der Waals surface area contributed by atoms with Crippen molar-refractivity contribution in [3.63, 3.8) is 0 Å². The molecule has 1 aliphatic carbocycles. The molecule has 3 N–H and O–H groups in total. The molecule has 3 aliphatic heterocycles. The van der Waals surface area contributed by atoms with Crippen molar-refractivity contribution in [2.45, 2.75) is 116 Å². The second-order valence-corrected chi connectivity index (χ2v) is 19.7. The van der Waals surface area contributed by atoms with Gasteiger partial charge in [0, 0.05) is 91.9 Å². The van der Waals surface area contributed by atoms with Gasteiger partial charge in [0.05, 0.1) is 17.7 Å². The van der Waals surface area contributed by atoms with Crippen LogP contribution < -0.4 is 10.7 Å². The van der Waals surface area contributed by atoms with Gasteiger partial charge in [-0.15, -0.1) is 0 Å². The first-order valence-electron chi connectivity index (χ1n) is 23.5. The zero-order chi connectivity index (χ0) is 46.6. The smallest absolute Gasteiger partial charge is 0.259 e. The van der Waals surface area contributed by atoms with Gasteiger partial charge in [-0.1, -0.05) is 46.4 Å². The first kappa shape index (κ1) is 44.8. The highest BCUT2D eigenvalue weighted by Crippen LogP contribution is 2.45. The predicted octanol–water partition coefficient (Wildman–Crippen LogP) is 6.27. The maximum absolute atomic E-state index is 15.0. The van der Waals surface area contributed by atoms with Crippen molar-refractivity contribution in [2.24, 2.45) is 11.8 Å². The SMILES string of the molecule is C=CC(=O)N1CCC(C(=O)N(C)C(C(=O)N[C@H]2Cc3cc(O)cc(c3)-c3ccc4c(c3)c(c(-c3cncnc3)n4CC)CC(C)(C)c3cnc(n3C3CC3)[C@@H]3CCCN(N3)C2=O)C(C)C)C1. The summed E-state index contributed by atoms with van der Waals surface area (Å²) < 4.78 is 4.76. The number of nitrogens with one attached hydrogen (secondary N) is 2. The minimum absolute atomic E-state index is 0.0351. The number of hydrogen-bond acceptors (Lipinski definition) is 9. The third-order valence-corrected chi connectivity index (χ3v) is 14.2. The number of phenols is 1. The first-order valence-corrected chi connectivity index (χ1v) is 23.5. The molecule has 0 radical (unpaired) electrons. The molecule has 2 saturated heterocycles. The fraction of sp³-hybridized carbons (Fsp3) is 0.471. The van der Waals surface area contributed by atoms with Crippen molar-refractivity contribution in [2.75, 3.05) is 26.7 Å². The number of imidazole rings is 1. The Morgan fingerprint density at radius 2 is 1.79 bits per heavy atom. The molecule has 3 fully saturated rings. The quantitative estimate of drug-likeness (QED) is 0.144. The molecule has 5 aromatic rings. The lowest BCUT2D eigenvalue weighted by molar-refractivity contribution is -0.146. The second kappa shape index (κ2) is 17.8. The number of nitrogens with zero attached hydrogens (tertiary/aromatic N) is 8. The van der Waals surface area contributed by atoms with Gasteiger partial charge in [-0.2, -0.15) is 0 Å². The topological polar surface area (TPSA) is 171 Å². The molecule has 15 heteroatoms. The van der Waals surface area contributed by atoms with E-state index in [0.717, 1.165) is 77.0 Å². The van der Waals surface area contributed by atoms with Gasteiger partial charge in [0.1, 0.15) is 30.0 Å². The van der Waals surface area contributed by atoms with Gasteiger partial charge in [-0.05, 0) is 104 Å². The molecule has 0 spiro atoms. The summed E-state index contributed by atoms with van der Waals surface area (Å²) in [6, 6.07) is 9.85. The highest BCUT2D eigenvalue weighted by Gasteiger charge is 2.42. The second-order valence-electron chi connectivity index (χ2n) is 19.7. The Bertz CT molecular complexity index is 2700. The van der Waals surface area contributed by atoms with Crippen LogP contribution in [0.25, 0.3) is 33.3 Å². The van der Waals surface area contributed by atoms with Crippen molar-refractivity contribution < 1.29 is 24.3 Å². The molecule has 4 aliphatic rings. The fourth-order valence-electron chi connectivity index (χ4n) is 10.9. The molecule has 4 atom stereocenters. The van der Waals surface area contributed by atoms with E-state index in [2.05, 4.69) is 75.4 Å². The molecule has 9 rings (SSSR count). The minimum atomic E-state index is -1.06. The van der Waals surface area contributed by atoms with E-state index in [0.29, 0.717) is 37.5 Å². The Morgan fingerprint density at radius 3 is 2.50 bits per heavy atom. The van der Waals surface area contributed by atoms with E-state index in [1.54, 1.807) is 35.4 Å². The number of carbonyl (C=O) groups excluding carboxylic acids is 4. The predicted molar refractivity (Wildman–Crippen MR) is 252 cm³/mol. The van der Waals surface area contributed by atoms with Crippen LogP contribution >= 0.6 is 0 Å². The van der Waals surface area contributed by atoms with E-state index in [1.165, 1.54) is 16.5 Å². The number of amides is 4. The van der Waals surface area contributed by atoms with Crippen molar-refractivity contribution in [1.29, 1.82) is 0 Å². The van der Waals surface area contributed by atoms with Gasteiger partial charge in [0.15, 0.2) is 0 Å². The van der Waals surface area contributed by atoms with Crippen LogP contribution in [-0.4, -0.2) is 106 Å². The van der Waals surface area contributed by atoms with E-state index in [4.69, 9.17) is 4.98 Å². The molecule has 66 heavy (non-hydrogen) atoms. The van der Waals surface area contributed by atoms with Gasteiger partial charge in [-0.3, -0.25) is 24.2 Å². The number of aromatic nitrogens is 5. The van der Waals surface area contributed by atoms with Crippen LogP contribution in [-0.2, 0) is 44.0 Å². The number of rotatable bonds is 9. The standard InChI is InChI=1S/C51H62N10O5/c1-8-44(63)58-18-16-33(28-58)49(65)57(7)45(30(3)4)48(64)55-41-21-31-19-34(22-37(62)20-31)32-12-15-42-38(23-32)39(46(59(42)9-2)35-25-52-29-53-26-35)24-51(5,6)43-27-54-47(61(43)36-13-14-36)40-11-10-17-60(56-40)50(41)66/h8,12,15,19-20,22-23,25-27,29-30,33,36,40-41,45,56,62H,1,9-11,13-14,16-18,21,24,28H2,2-7H3,(H,55,64)/t33?,40-,41-,45?/m0/s1. The Kier molecular flexibility index (Phi) is 12.1. The van der Waals surface area contributed by atoms with Crippen molar-refractivity contribution in [3.05, 3.63) is 96.6 Å². The summed E-state index contributed by atoms with van der Waals surface area (Å²) >= 11 is 0. The van der Waals surface area contributed by atoms with E-state index in [-0.39, 0.29) is 53.8 Å². The number of hydrazine groups is 1. The third-order valence-electron chi connectivity index (χ3n) is 14.2. The summed E-state index contributed by atoms with van der Waals surface area (Å²) in [6.07, 6.45) is 13.4. The Hall–Kier alpha value is -6.35. The average Bonchev–Trinajstić information content (AvgIpc) is 3.70. The number of carbonyl (C=O) groups is 4. The van der Waals surface area contributed by atoms with Crippen LogP contribution in [0.15, 0.2) is 74.0 Å². The summed E-state index contributed by atoms with van der Waals surface area (Å²) in [4.78, 5) is 73.2. The Balaban J connectivity index is 1.15. The molecule has 6 heterocycles. The summed E-state index contributed by atoms with van der Waals surface area (Å²) in [7, 11) is 1.62. The molecule has 1 saturated carbocycles. The largest absolute Gasteiger partial charge is 0.508 e. The lowest BCUT2D eigenvalue weighted by Crippen LogP contribution is -2.60. The monoisotopic (exact) mass is 894 g/mol. The van der Waals surface area contributed by atoms with Crippen LogP contribution in [0, 0.1) is 11.8 Å². The summed E-state index contributed by atoms with van der Waals surface area (Å²) in [5, 5.41) is 17.2. The Labute approximate surface area is 386 Å². The average molecular weight is 895 g/mol. The highest BCUT2D eigenvalue weighted by atomic mass is 16.3. The van der Waals surface area contributed by atoms with Crippen LogP contribution in [0.1, 0.15) is 101 Å². The maximum atomic E-state index is 15.0. The minimum Gasteiger partial charge on any atom is -0.508 e. The Morgan fingerprint density at radius 1 is 1.02 bits per heavy atom. The van der Waals surface area contributed by atoms with Crippen molar-refractivity contribution >= 4 is 34.5 Å². The summed E-state index contributed by atoms with van der Waals surface area (Å²) in [5.41, 5.74) is 10.9. The number of likely N-dealkylation sites (tertiary alicyclic amines) is 1. The lowest BCUT2D eigenvalue weighted by Gasteiger charge is -2.37. The number of benzene rings is 2. The normalized spacial score (nSPS) is 21.1. The van der Waals surface area contributed by atoms with Gasteiger partial charge < -0.3 is 29.4 Å². The van der Waals surface area contributed by atoms with Gasteiger partial charge in [0.25, 0.3) is 5.91 Å². The highest BCUT2D eigenvalue weighted by molar-refractivity contribution is 5.96. The molecule has 2 aromatic carbocycles. The fourth-order valence-corrected chi connectivity index (χ4v) is 10.9. The van der Waals surface area contributed by atoms with E-state index in [1.807, 2.05) is 38.5 Å². The summed E-state index contributed by atoms with van der Waals surface area (Å²) in [6.45, 7) is 15.9. The number of fused-ring (bicyclic) bond motifs is 9. The molecular formula is C51H62N10O5. The molecular weight excluding hydrogens is 833 g/mol.